The third kappa shape index (κ3) is 9.31. The van der Waals surface area contributed by atoms with E-state index < -0.39 is 5.41 Å². The highest BCUT2D eigenvalue weighted by Crippen LogP contribution is 2.15. The topological polar surface area (TPSA) is 92.0 Å². The smallest absolute Gasteiger partial charge is 0.227 e. The number of rotatable bonds is 8. The first-order valence-electron chi connectivity index (χ1n) is 8.08. The van der Waals surface area contributed by atoms with Gasteiger partial charge in [0.15, 0.2) is 5.96 Å². The van der Waals surface area contributed by atoms with Gasteiger partial charge in [0.1, 0.15) is 0 Å². The SMILES string of the molecule is CCNC(=O)C(C)(C)CN=C(N)NCCCN1CCOCC1.I. The lowest BCUT2D eigenvalue weighted by Gasteiger charge is -2.26. The van der Waals surface area contributed by atoms with Crippen LogP contribution in [0.3, 0.4) is 0 Å². The molecule has 0 saturated carbocycles. The van der Waals surface area contributed by atoms with Gasteiger partial charge < -0.3 is 21.1 Å². The van der Waals surface area contributed by atoms with Crippen LogP contribution < -0.4 is 16.4 Å². The molecule has 7 nitrogen and oxygen atoms in total. The number of carbonyl (C=O) groups excluding carboxylic acids is 1. The largest absolute Gasteiger partial charge is 0.379 e. The van der Waals surface area contributed by atoms with Crippen LogP contribution in [0.25, 0.3) is 0 Å². The maximum Gasteiger partial charge on any atom is 0.227 e. The summed E-state index contributed by atoms with van der Waals surface area (Å²) in [5.74, 6) is 0.401. The summed E-state index contributed by atoms with van der Waals surface area (Å²) in [6, 6.07) is 0. The molecule has 0 atom stereocenters. The molecule has 1 heterocycles. The Labute approximate surface area is 156 Å². The molecule has 1 amide bonds. The van der Waals surface area contributed by atoms with E-state index in [1.807, 2.05) is 20.8 Å². The van der Waals surface area contributed by atoms with E-state index in [0.717, 1.165) is 45.8 Å². The lowest BCUT2D eigenvalue weighted by molar-refractivity contribution is -0.128. The van der Waals surface area contributed by atoms with E-state index in [2.05, 4.69) is 20.5 Å². The molecule has 1 aliphatic heterocycles. The molecule has 0 bridgehead atoms. The quantitative estimate of drug-likeness (QED) is 0.220. The van der Waals surface area contributed by atoms with Crippen LogP contribution >= 0.6 is 24.0 Å². The van der Waals surface area contributed by atoms with E-state index >= 15 is 0 Å². The number of aliphatic imine (C=N–C) groups is 1. The van der Waals surface area contributed by atoms with Crippen LogP contribution in [0.1, 0.15) is 27.2 Å². The second-order valence-electron chi connectivity index (χ2n) is 6.18. The van der Waals surface area contributed by atoms with Crippen molar-refractivity contribution in [3.8, 4) is 0 Å². The number of hydrogen-bond acceptors (Lipinski definition) is 4. The first-order chi connectivity index (χ1) is 10.5. The van der Waals surface area contributed by atoms with Gasteiger partial charge in [-0.05, 0) is 33.7 Å². The minimum absolute atomic E-state index is 0. The van der Waals surface area contributed by atoms with Crippen molar-refractivity contribution in [2.45, 2.75) is 27.2 Å². The number of ether oxygens (including phenoxy) is 1. The fourth-order valence-corrected chi connectivity index (χ4v) is 2.15. The molecule has 1 rings (SSSR count). The molecule has 0 aromatic rings. The van der Waals surface area contributed by atoms with Crippen molar-refractivity contribution in [3.63, 3.8) is 0 Å². The Bertz CT molecular complexity index is 371. The Hall–Kier alpha value is -0.610. The molecule has 0 aliphatic carbocycles. The van der Waals surface area contributed by atoms with E-state index in [9.17, 15) is 4.79 Å². The van der Waals surface area contributed by atoms with Gasteiger partial charge in [-0.25, -0.2) is 0 Å². The van der Waals surface area contributed by atoms with Crippen molar-refractivity contribution < 1.29 is 9.53 Å². The predicted molar refractivity (Wildman–Crippen MR) is 104 cm³/mol. The summed E-state index contributed by atoms with van der Waals surface area (Å²) in [5.41, 5.74) is 5.30. The second kappa shape index (κ2) is 11.9. The molecule has 1 fully saturated rings. The monoisotopic (exact) mass is 441 g/mol. The van der Waals surface area contributed by atoms with Gasteiger partial charge >= 0.3 is 0 Å². The normalized spacial score (nSPS) is 16.6. The maximum atomic E-state index is 11.9. The Balaban J connectivity index is 0.00000484. The summed E-state index contributed by atoms with van der Waals surface area (Å²) < 4.78 is 5.32. The highest BCUT2D eigenvalue weighted by Gasteiger charge is 2.26. The van der Waals surface area contributed by atoms with Gasteiger partial charge in [-0.15, -0.1) is 24.0 Å². The minimum Gasteiger partial charge on any atom is -0.379 e. The Morgan fingerprint density at radius 2 is 1.96 bits per heavy atom. The number of carbonyl (C=O) groups is 1. The fraction of sp³-hybridized carbons (Fsp3) is 0.867. The number of morpholine rings is 1. The lowest BCUT2D eigenvalue weighted by atomic mass is 9.92. The van der Waals surface area contributed by atoms with Crippen LogP contribution in [0, 0.1) is 5.41 Å². The van der Waals surface area contributed by atoms with Gasteiger partial charge in [0, 0.05) is 26.2 Å². The molecule has 1 saturated heterocycles. The van der Waals surface area contributed by atoms with Crippen LogP contribution in [0.4, 0.5) is 0 Å². The van der Waals surface area contributed by atoms with E-state index in [0.29, 0.717) is 19.0 Å². The molecule has 0 aromatic carbocycles. The Morgan fingerprint density at radius 1 is 1.30 bits per heavy atom. The average molecular weight is 441 g/mol. The Morgan fingerprint density at radius 3 is 2.57 bits per heavy atom. The zero-order chi connectivity index (χ0) is 16.4. The van der Waals surface area contributed by atoms with Gasteiger partial charge in [-0.3, -0.25) is 14.7 Å². The molecule has 0 aromatic heterocycles. The van der Waals surface area contributed by atoms with Crippen molar-refractivity contribution >= 4 is 35.8 Å². The van der Waals surface area contributed by atoms with Gasteiger partial charge in [0.2, 0.25) is 5.91 Å². The van der Waals surface area contributed by atoms with Gasteiger partial charge in [0.05, 0.1) is 25.2 Å². The summed E-state index contributed by atoms with van der Waals surface area (Å²) in [5, 5.41) is 5.92. The highest BCUT2D eigenvalue weighted by molar-refractivity contribution is 14.0. The molecule has 136 valence electrons. The average Bonchev–Trinajstić information content (AvgIpc) is 2.51. The zero-order valence-corrected chi connectivity index (χ0v) is 16.9. The first kappa shape index (κ1) is 22.4. The first-order valence-corrected chi connectivity index (χ1v) is 8.08. The van der Waals surface area contributed by atoms with Crippen molar-refractivity contribution in [2.24, 2.45) is 16.1 Å². The Kier molecular flexibility index (Phi) is 11.5. The summed E-state index contributed by atoms with van der Waals surface area (Å²) in [6.07, 6.45) is 1.01. The number of nitrogens with two attached hydrogens (primary N) is 1. The van der Waals surface area contributed by atoms with Gasteiger partial charge in [-0.1, -0.05) is 0 Å². The number of amides is 1. The molecular formula is C15H32IN5O2. The van der Waals surface area contributed by atoms with Crippen molar-refractivity contribution in [3.05, 3.63) is 0 Å². The van der Waals surface area contributed by atoms with Crippen LogP contribution in [-0.4, -0.2) is 69.2 Å². The van der Waals surface area contributed by atoms with E-state index in [-0.39, 0.29) is 29.9 Å². The van der Waals surface area contributed by atoms with Crippen molar-refractivity contribution in [1.29, 1.82) is 0 Å². The van der Waals surface area contributed by atoms with E-state index in [1.54, 1.807) is 0 Å². The third-order valence-corrected chi connectivity index (χ3v) is 3.66. The standard InChI is InChI=1S/C15H31N5O2.HI/c1-4-17-13(21)15(2,3)12-19-14(16)18-6-5-7-20-8-10-22-11-9-20;/h4-12H2,1-3H3,(H,17,21)(H3,16,18,19);1H. The molecule has 4 N–H and O–H groups in total. The van der Waals surface area contributed by atoms with Crippen LogP contribution in [0.2, 0.25) is 0 Å². The molecule has 23 heavy (non-hydrogen) atoms. The molecule has 0 unspecified atom stereocenters. The predicted octanol–water partition coefficient (Wildman–Crippen LogP) is 0.393. The zero-order valence-electron chi connectivity index (χ0n) is 14.6. The molecule has 8 heteroatoms. The summed E-state index contributed by atoms with van der Waals surface area (Å²) in [7, 11) is 0. The van der Waals surface area contributed by atoms with Crippen LogP contribution in [-0.2, 0) is 9.53 Å². The molecule has 0 spiro atoms. The third-order valence-electron chi connectivity index (χ3n) is 3.66. The van der Waals surface area contributed by atoms with Crippen LogP contribution in [0.5, 0.6) is 0 Å². The van der Waals surface area contributed by atoms with Crippen molar-refractivity contribution in [1.82, 2.24) is 15.5 Å². The molecular weight excluding hydrogens is 409 g/mol. The number of nitrogens with one attached hydrogen (secondary N) is 2. The van der Waals surface area contributed by atoms with Crippen LogP contribution in [0.15, 0.2) is 4.99 Å². The highest BCUT2D eigenvalue weighted by atomic mass is 127. The number of nitrogens with zero attached hydrogens (tertiary/aromatic N) is 2. The lowest BCUT2D eigenvalue weighted by Crippen LogP contribution is -2.41. The summed E-state index contributed by atoms with van der Waals surface area (Å²) in [4.78, 5) is 18.5. The van der Waals surface area contributed by atoms with E-state index in [4.69, 9.17) is 10.5 Å². The minimum atomic E-state index is -0.546. The molecule has 0 radical (unpaired) electrons. The molecule has 1 aliphatic rings. The maximum absolute atomic E-state index is 11.9. The van der Waals surface area contributed by atoms with E-state index in [1.165, 1.54) is 0 Å². The second-order valence-corrected chi connectivity index (χ2v) is 6.18. The van der Waals surface area contributed by atoms with Crippen molar-refractivity contribution in [2.75, 3.05) is 52.5 Å². The number of halogens is 1. The number of hydrogen-bond donors (Lipinski definition) is 3. The summed E-state index contributed by atoms with van der Waals surface area (Å²) in [6.45, 7) is 12.1. The number of guanidine groups is 1. The summed E-state index contributed by atoms with van der Waals surface area (Å²) >= 11 is 0. The van der Waals surface area contributed by atoms with Gasteiger partial charge in [-0.2, -0.15) is 0 Å². The fourth-order valence-electron chi connectivity index (χ4n) is 2.15. The van der Waals surface area contributed by atoms with Gasteiger partial charge in [0.25, 0.3) is 0 Å².